The van der Waals surface area contributed by atoms with E-state index in [4.69, 9.17) is 0 Å². The maximum absolute atomic E-state index is 12.9. The Morgan fingerprint density at radius 2 is 1.96 bits per heavy atom. The number of aliphatic imine (C=N–C) groups is 1. The predicted octanol–water partition coefficient (Wildman–Crippen LogP) is 1.52. The van der Waals surface area contributed by atoms with Gasteiger partial charge in [-0.15, -0.1) is 0 Å². The first-order valence-corrected chi connectivity index (χ1v) is 8.72. The number of hydrogen-bond donors (Lipinski definition) is 2. The third kappa shape index (κ3) is 5.51. The molecule has 0 aromatic rings. The minimum Gasteiger partial charge on any atom is -0.355 e. The van der Waals surface area contributed by atoms with Gasteiger partial charge in [-0.25, -0.2) is 0 Å². The first-order chi connectivity index (χ1) is 11.3. The zero-order valence-electron chi connectivity index (χ0n) is 14.9. The second-order valence-electron chi connectivity index (χ2n) is 7.10. The highest BCUT2D eigenvalue weighted by Crippen LogP contribution is 2.37. The molecule has 0 aromatic heterocycles. The molecule has 0 radical (unpaired) electrons. The quantitative estimate of drug-likeness (QED) is 0.599. The number of nitrogens with zero attached hydrogens (tertiary/aromatic N) is 3. The molecule has 140 valence electrons. The molecule has 2 aliphatic rings. The number of halogens is 3. The molecule has 3 unspecified atom stereocenters. The molecule has 1 heterocycles. The number of alkyl halides is 3. The Hall–Kier alpha value is -1.02. The summed E-state index contributed by atoms with van der Waals surface area (Å²) >= 11 is 0. The summed E-state index contributed by atoms with van der Waals surface area (Å²) in [5, 5.41) is 6.46. The monoisotopic (exact) mass is 349 g/mol. The summed E-state index contributed by atoms with van der Waals surface area (Å²) in [6.07, 6.45) is -2.34. The van der Waals surface area contributed by atoms with Crippen molar-refractivity contribution in [2.24, 2.45) is 10.9 Å². The van der Waals surface area contributed by atoms with E-state index in [0.717, 1.165) is 32.6 Å². The van der Waals surface area contributed by atoms with E-state index in [-0.39, 0.29) is 18.9 Å². The molecule has 1 saturated carbocycles. The highest BCUT2D eigenvalue weighted by Gasteiger charge is 2.42. The molecule has 1 aliphatic heterocycles. The maximum atomic E-state index is 12.9. The van der Waals surface area contributed by atoms with Crippen LogP contribution in [0.5, 0.6) is 0 Å². The molecule has 0 bridgehead atoms. The first-order valence-electron chi connectivity index (χ1n) is 8.72. The fraction of sp³-hybridized carbons (Fsp3) is 0.938. The summed E-state index contributed by atoms with van der Waals surface area (Å²) in [6, 6.07) is 0.208. The SMILES string of the molecule is CN=C(NCC1CN(C)CCN1C)NC1CCCC(C(F)(F)F)C1. The summed E-state index contributed by atoms with van der Waals surface area (Å²) in [4.78, 5) is 8.77. The van der Waals surface area contributed by atoms with Crippen molar-refractivity contribution < 1.29 is 13.2 Å². The van der Waals surface area contributed by atoms with E-state index in [1.807, 2.05) is 0 Å². The number of guanidine groups is 1. The van der Waals surface area contributed by atoms with E-state index in [1.165, 1.54) is 0 Å². The Labute approximate surface area is 142 Å². The zero-order chi connectivity index (χ0) is 17.7. The van der Waals surface area contributed by atoms with Crippen LogP contribution in [0.2, 0.25) is 0 Å². The summed E-state index contributed by atoms with van der Waals surface area (Å²) in [6.45, 7) is 3.78. The average molecular weight is 349 g/mol. The van der Waals surface area contributed by atoms with Crippen molar-refractivity contribution in [2.45, 2.75) is 43.9 Å². The van der Waals surface area contributed by atoms with Gasteiger partial charge in [-0.2, -0.15) is 13.2 Å². The minimum absolute atomic E-state index is 0.135. The lowest BCUT2D eigenvalue weighted by atomic mass is 9.85. The molecule has 24 heavy (non-hydrogen) atoms. The van der Waals surface area contributed by atoms with Crippen LogP contribution in [0.15, 0.2) is 4.99 Å². The van der Waals surface area contributed by atoms with E-state index < -0.39 is 12.1 Å². The van der Waals surface area contributed by atoms with E-state index in [2.05, 4.69) is 39.5 Å². The van der Waals surface area contributed by atoms with Gasteiger partial charge in [-0.3, -0.25) is 9.89 Å². The predicted molar refractivity (Wildman–Crippen MR) is 90.2 cm³/mol. The van der Waals surface area contributed by atoms with Crippen LogP contribution in [0.25, 0.3) is 0 Å². The number of nitrogens with one attached hydrogen (secondary N) is 2. The Balaban J connectivity index is 1.81. The molecular weight excluding hydrogens is 319 g/mol. The maximum Gasteiger partial charge on any atom is 0.391 e. The van der Waals surface area contributed by atoms with Crippen LogP contribution in [0.1, 0.15) is 25.7 Å². The Morgan fingerprint density at radius 1 is 1.21 bits per heavy atom. The van der Waals surface area contributed by atoms with Crippen LogP contribution in [0, 0.1) is 5.92 Å². The van der Waals surface area contributed by atoms with Crippen molar-refractivity contribution in [1.29, 1.82) is 0 Å². The third-order valence-electron chi connectivity index (χ3n) is 5.19. The van der Waals surface area contributed by atoms with Gasteiger partial charge in [-0.05, 0) is 33.4 Å². The van der Waals surface area contributed by atoms with Gasteiger partial charge >= 0.3 is 6.18 Å². The standard InChI is InChI=1S/C16H30F3N5/c1-20-15(21-10-14-11-23(2)7-8-24(14)3)22-13-6-4-5-12(9-13)16(17,18)19/h12-14H,4-11H2,1-3H3,(H2,20,21,22). The van der Waals surface area contributed by atoms with Crippen molar-refractivity contribution in [3.63, 3.8) is 0 Å². The fourth-order valence-corrected chi connectivity index (χ4v) is 3.54. The molecule has 0 amide bonds. The van der Waals surface area contributed by atoms with E-state index in [9.17, 15) is 13.2 Å². The topological polar surface area (TPSA) is 42.9 Å². The molecule has 8 heteroatoms. The first kappa shape index (κ1) is 19.3. The summed E-state index contributed by atoms with van der Waals surface area (Å²) in [7, 11) is 5.87. The second-order valence-corrected chi connectivity index (χ2v) is 7.10. The van der Waals surface area contributed by atoms with E-state index >= 15 is 0 Å². The van der Waals surface area contributed by atoms with Gasteiger partial charge in [0.1, 0.15) is 0 Å². The highest BCUT2D eigenvalue weighted by atomic mass is 19.4. The van der Waals surface area contributed by atoms with Crippen molar-refractivity contribution in [1.82, 2.24) is 20.4 Å². The molecule has 2 N–H and O–H groups in total. The van der Waals surface area contributed by atoms with Crippen LogP contribution < -0.4 is 10.6 Å². The van der Waals surface area contributed by atoms with Crippen LogP contribution in [-0.4, -0.2) is 81.3 Å². The van der Waals surface area contributed by atoms with Crippen molar-refractivity contribution in [3.8, 4) is 0 Å². The third-order valence-corrected chi connectivity index (χ3v) is 5.19. The van der Waals surface area contributed by atoms with Crippen LogP contribution >= 0.6 is 0 Å². The molecule has 1 aliphatic carbocycles. The Kier molecular flexibility index (Phi) is 6.74. The second kappa shape index (κ2) is 8.38. The summed E-state index contributed by atoms with van der Waals surface area (Å²) < 4.78 is 38.8. The molecule has 1 saturated heterocycles. The van der Waals surface area contributed by atoms with Crippen molar-refractivity contribution >= 4 is 5.96 Å². The van der Waals surface area contributed by atoms with Gasteiger partial charge in [0.15, 0.2) is 5.96 Å². The highest BCUT2D eigenvalue weighted by molar-refractivity contribution is 5.80. The van der Waals surface area contributed by atoms with Gasteiger partial charge in [0.05, 0.1) is 5.92 Å². The van der Waals surface area contributed by atoms with Gasteiger partial charge < -0.3 is 15.5 Å². The number of rotatable bonds is 3. The molecular formula is C16H30F3N5. The molecule has 5 nitrogen and oxygen atoms in total. The van der Waals surface area contributed by atoms with Gasteiger partial charge in [-0.1, -0.05) is 6.42 Å². The lowest BCUT2D eigenvalue weighted by molar-refractivity contribution is -0.183. The van der Waals surface area contributed by atoms with Crippen LogP contribution in [0.3, 0.4) is 0 Å². The number of likely N-dealkylation sites (N-methyl/N-ethyl adjacent to an activating group) is 2. The molecule has 2 rings (SSSR count). The zero-order valence-corrected chi connectivity index (χ0v) is 14.9. The Bertz CT molecular complexity index is 426. The van der Waals surface area contributed by atoms with Gasteiger partial charge in [0.25, 0.3) is 0 Å². The molecule has 3 atom stereocenters. The number of hydrogen-bond acceptors (Lipinski definition) is 3. The molecule has 0 spiro atoms. The lowest BCUT2D eigenvalue weighted by Crippen LogP contribution is -2.56. The molecule has 2 fully saturated rings. The van der Waals surface area contributed by atoms with Gasteiger partial charge in [0, 0.05) is 45.3 Å². The van der Waals surface area contributed by atoms with E-state index in [0.29, 0.717) is 18.4 Å². The molecule has 0 aromatic carbocycles. The van der Waals surface area contributed by atoms with Crippen LogP contribution in [0.4, 0.5) is 13.2 Å². The smallest absolute Gasteiger partial charge is 0.355 e. The van der Waals surface area contributed by atoms with Crippen molar-refractivity contribution in [2.75, 3.05) is 47.3 Å². The normalized spacial score (nSPS) is 31.1. The van der Waals surface area contributed by atoms with E-state index in [1.54, 1.807) is 7.05 Å². The number of piperazine rings is 1. The Morgan fingerprint density at radius 3 is 2.62 bits per heavy atom. The summed E-state index contributed by atoms with van der Waals surface area (Å²) in [5.74, 6) is -0.593. The lowest BCUT2D eigenvalue weighted by Gasteiger charge is -2.38. The average Bonchev–Trinajstić information content (AvgIpc) is 2.53. The van der Waals surface area contributed by atoms with Crippen molar-refractivity contribution in [3.05, 3.63) is 0 Å². The minimum atomic E-state index is -4.09. The van der Waals surface area contributed by atoms with Gasteiger partial charge in [0.2, 0.25) is 0 Å². The largest absolute Gasteiger partial charge is 0.391 e. The van der Waals surface area contributed by atoms with Crippen LogP contribution in [-0.2, 0) is 0 Å². The summed E-state index contributed by atoms with van der Waals surface area (Å²) in [5.41, 5.74) is 0. The fourth-order valence-electron chi connectivity index (χ4n) is 3.54.